The Morgan fingerprint density at radius 1 is 1.24 bits per heavy atom. The van der Waals surface area contributed by atoms with Crippen LogP contribution in [0.15, 0.2) is 48.7 Å². The van der Waals surface area contributed by atoms with E-state index in [1.54, 1.807) is 6.20 Å². The molecule has 5 nitrogen and oxygen atoms in total. The van der Waals surface area contributed by atoms with Crippen LogP contribution in [-0.2, 0) is 11.2 Å². The summed E-state index contributed by atoms with van der Waals surface area (Å²) in [7, 11) is 0. The van der Waals surface area contributed by atoms with Gasteiger partial charge in [-0.05, 0) is 29.8 Å². The third-order valence-corrected chi connectivity index (χ3v) is 4.19. The third kappa shape index (κ3) is 3.64. The number of H-pyrrole nitrogens is 1. The summed E-state index contributed by atoms with van der Waals surface area (Å²) in [6, 6.07) is 9.65. The van der Waals surface area contributed by atoms with E-state index in [0.29, 0.717) is 0 Å². The maximum atomic E-state index is 13.1. The number of carbonyl (C=O) groups is 2. The Morgan fingerprint density at radius 2 is 2.00 bits per heavy atom. The predicted octanol–water partition coefficient (Wildman–Crippen LogP) is 3.39. The standard InChI is InChI=1S/C18H14ClFN2O3/c19-14-8-11(20)5-6-13(14)17(23)22-16(18(24)25)7-10-9-21-15-4-2-1-3-12(10)15/h1-6,8-9,16,21H,7H2,(H,22,23)(H,24,25). The van der Waals surface area contributed by atoms with Crippen LogP contribution in [0.3, 0.4) is 0 Å². The summed E-state index contributed by atoms with van der Waals surface area (Å²) >= 11 is 5.86. The van der Waals surface area contributed by atoms with E-state index in [2.05, 4.69) is 10.3 Å². The molecule has 3 N–H and O–H groups in total. The van der Waals surface area contributed by atoms with Crippen LogP contribution in [0.25, 0.3) is 10.9 Å². The van der Waals surface area contributed by atoms with E-state index < -0.39 is 23.7 Å². The van der Waals surface area contributed by atoms with Gasteiger partial charge in [0.1, 0.15) is 11.9 Å². The van der Waals surface area contributed by atoms with Crippen LogP contribution in [0.5, 0.6) is 0 Å². The van der Waals surface area contributed by atoms with Crippen molar-refractivity contribution in [2.75, 3.05) is 0 Å². The summed E-state index contributed by atoms with van der Waals surface area (Å²) in [5.74, 6) is -2.41. The Bertz CT molecular complexity index is 954. The van der Waals surface area contributed by atoms with Crippen molar-refractivity contribution in [1.29, 1.82) is 0 Å². The van der Waals surface area contributed by atoms with Gasteiger partial charge in [-0.1, -0.05) is 29.8 Å². The van der Waals surface area contributed by atoms with Crippen molar-refractivity contribution in [2.45, 2.75) is 12.5 Å². The largest absolute Gasteiger partial charge is 0.480 e. The lowest BCUT2D eigenvalue weighted by atomic mass is 10.0. The van der Waals surface area contributed by atoms with Gasteiger partial charge in [0.25, 0.3) is 5.91 Å². The number of hydrogen-bond donors (Lipinski definition) is 3. The maximum absolute atomic E-state index is 13.1. The van der Waals surface area contributed by atoms with Gasteiger partial charge < -0.3 is 15.4 Å². The number of aromatic amines is 1. The van der Waals surface area contributed by atoms with Crippen molar-refractivity contribution in [1.82, 2.24) is 10.3 Å². The van der Waals surface area contributed by atoms with Crippen molar-refractivity contribution >= 4 is 34.4 Å². The lowest BCUT2D eigenvalue weighted by Crippen LogP contribution is -2.42. The van der Waals surface area contributed by atoms with E-state index in [9.17, 15) is 19.1 Å². The molecule has 0 radical (unpaired) electrons. The van der Waals surface area contributed by atoms with Gasteiger partial charge in [0.15, 0.2) is 0 Å². The number of aliphatic carboxylic acids is 1. The smallest absolute Gasteiger partial charge is 0.326 e. The van der Waals surface area contributed by atoms with Gasteiger partial charge in [0, 0.05) is 23.5 Å². The number of halogens is 2. The summed E-state index contributed by atoms with van der Waals surface area (Å²) in [6.45, 7) is 0. The quantitative estimate of drug-likeness (QED) is 0.652. The van der Waals surface area contributed by atoms with Gasteiger partial charge in [0.2, 0.25) is 0 Å². The highest BCUT2D eigenvalue weighted by Crippen LogP contribution is 2.20. The Kier molecular flexibility index (Phi) is 4.72. The highest BCUT2D eigenvalue weighted by Gasteiger charge is 2.23. The molecular weight excluding hydrogens is 347 g/mol. The first kappa shape index (κ1) is 17.0. The van der Waals surface area contributed by atoms with Gasteiger partial charge in [0.05, 0.1) is 10.6 Å². The minimum Gasteiger partial charge on any atom is -0.480 e. The van der Waals surface area contributed by atoms with Gasteiger partial charge in [-0.25, -0.2) is 9.18 Å². The molecule has 0 aliphatic carbocycles. The molecule has 1 amide bonds. The number of rotatable bonds is 5. The number of nitrogens with one attached hydrogen (secondary N) is 2. The minimum atomic E-state index is -1.17. The van der Waals surface area contributed by atoms with E-state index in [0.717, 1.165) is 28.6 Å². The van der Waals surface area contributed by atoms with E-state index in [-0.39, 0.29) is 17.0 Å². The van der Waals surface area contributed by atoms with E-state index in [1.165, 1.54) is 6.07 Å². The summed E-state index contributed by atoms with van der Waals surface area (Å²) in [5, 5.41) is 12.7. The highest BCUT2D eigenvalue weighted by atomic mass is 35.5. The van der Waals surface area contributed by atoms with Gasteiger partial charge >= 0.3 is 5.97 Å². The molecule has 128 valence electrons. The third-order valence-electron chi connectivity index (χ3n) is 3.88. The molecule has 3 rings (SSSR count). The second kappa shape index (κ2) is 6.94. The first-order valence-electron chi connectivity index (χ1n) is 7.49. The summed E-state index contributed by atoms with van der Waals surface area (Å²) in [4.78, 5) is 26.9. The van der Waals surface area contributed by atoms with Crippen molar-refractivity contribution in [3.05, 3.63) is 70.6 Å². The number of carbonyl (C=O) groups excluding carboxylic acids is 1. The van der Waals surface area contributed by atoms with Crippen LogP contribution >= 0.6 is 11.6 Å². The average Bonchev–Trinajstić information content (AvgIpc) is 2.97. The van der Waals surface area contributed by atoms with Gasteiger partial charge in [-0.2, -0.15) is 0 Å². The fraction of sp³-hybridized carbons (Fsp3) is 0.111. The van der Waals surface area contributed by atoms with Crippen LogP contribution in [0.4, 0.5) is 4.39 Å². The molecular formula is C18H14ClFN2O3. The fourth-order valence-corrected chi connectivity index (χ4v) is 2.88. The molecule has 0 spiro atoms. The monoisotopic (exact) mass is 360 g/mol. The molecule has 2 aromatic carbocycles. The molecule has 0 aliphatic rings. The number of fused-ring (bicyclic) bond motifs is 1. The first-order valence-corrected chi connectivity index (χ1v) is 7.87. The van der Waals surface area contributed by atoms with E-state index in [4.69, 9.17) is 11.6 Å². The van der Waals surface area contributed by atoms with Crippen LogP contribution in [-0.4, -0.2) is 28.0 Å². The SMILES string of the molecule is O=C(NC(Cc1c[nH]c2ccccc12)C(=O)O)c1ccc(F)cc1Cl. The van der Waals surface area contributed by atoms with Crippen LogP contribution in [0, 0.1) is 5.82 Å². The summed E-state index contributed by atoms with van der Waals surface area (Å²) in [5.41, 5.74) is 1.68. The molecule has 0 saturated heterocycles. The Hall–Kier alpha value is -2.86. The van der Waals surface area contributed by atoms with Gasteiger partial charge in [-0.3, -0.25) is 4.79 Å². The molecule has 3 aromatic rings. The number of benzene rings is 2. The topological polar surface area (TPSA) is 82.2 Å². The molecule has 7 heteroatoms. The summed E-state index contributed by atoms with van der Waals surface area (Å²) < 4.78 is 13.1. The Labute approximate surface area is 147 Å². The van der Waals surface area contributed by atoms with Crippen molar-refractivity contribution in [3.63, 3.8) is 0 Å². The summed E-state index contributed by atoms with van der Waals surface area (Å²) in [6.07, 6.45) is 1.82. The molecule has 1 atom stereocenters. The number of aromatic nitrogens is 1. The molecule has 0 saturated carbocycles. The maximum Gasteiger partial charge on any atom is 0.326 e. The van der Waals surface area contributed by atoms with Crippen LogP contribution in [0.1, 0.15) is 15.9 Å². The predicted molar refractivity (Wildman–Crippen MR) is 92.3 cm³/mol. The zero-order chi connectivity index (χ0) is 18.0. The highest BCUT2D eigenvalue weighted by molar-refractivity contribution is 6.33. The first-order chi connectivity index (χ1) is 12.0. The van der Waals surface area contributed by atoms with Crippen molar-refractivity contribution in [3.8, 4) is 0 Å². The molecule has 0 bridgehead atoms. The van der Waals surface area contributed by atoms with Crippen molar-refractivity contribution < 1.29 is 19.1 Å². The average molecular weight is 361 g/mol. The van der Waals surface area contributed by atoms with Crippen LogP contribution in [0.2, 0.25) is 5.02 Å². The lowest BCUT2D eigenvalue weighted by Gasteiger charge is -2.15. The molecule has 1 unspecified atom stereocenters. The normalized spacial score (nSPS) is 12.1. The second-order valence-electron chi connectivity index (χ2n) is 5.55. The van der Waals surface area contributed by atoms with Crippen molar-refractivity contribution in [2.24, 2.45) is 0 Å². The minimum absolute atomic E-state index is 0.0215. The number of para-hydroxylation sites is 1. The molecule has 0 aliphatic heterocycles. The second-order valence-corrected chi connectivity index (χ2v) is 5.96. The number of carboxylic acids is 1. The zero-order valence-corrected chi connectivity index (χ0v) is 13.7. The van der Waals surface area contributed by atoms with Crippen LogP contribution < -0.4 is 5.32 Å². The zero-order valence-electron chi connectivity index (χ0n) is 12.9. The van der Waals surface area contributed by atoms with E-state index in [1.807, 2.05) is 24.3 Å². The number of carboxylic acid groups (broad SMARTS) is 1. The molecule has 1 heterocycles. The number of hydrogen-bond acceptors (Lipinski definition) is 2. The molecule has 0 fully saturated rings. The number of amides is 1. The lowest BCUT2D eigenvalue weighted by molar-refractivity contribution is -0.139. The Morgan fingerprint density at radius 3 is 2.72 bits per heavy atom. The van der Waals surface area contributed by atoms with E-state index >= 15 is 0 Å². The Balaban J connectivity index is 1.82. The van der Waals surface area contributed by atoms with Gasteiger partial charge in [-0.15, -0.1) is 0 Å². The molecule has 1 aromatic heterocycles. The molecule has 25 heavy (non-hydrogen) atoms. The fourth-order valence-electron chi connectivity index (χ4n) is 2.63.